The number of halogens is 1. The number of allylic oxidation sites excluding steroid dienone is 6. The van der Waals surface area contributed by atoms with Crippen LogP contribution in [0.1, 0.15) is 13.3 Å². The van der Waals surface area contributed by atoms with E-state index in [1.54, 1.807) is 25.2 Å². The number of hydrogen-bond acceptors (Lipinski definition) is 3. The number of aldehydes is 1. The first-order valence-electron chi connectivity index (χ1n) is 5.85. The quantitative estimate of drug-likeness (QED) is 0.228. The molecule has 0 aliphatic heterocycles. The summed E-state index contributed by atoms with van der Waals surface area (Å²) in [5, 5.41) is 9.49. The molecule has 0 bridgehead atoms. The summed E-state index contributed by atoms with van der Waals surface area (Å²) in [5.74, 6) is -0.0204. The number of carbonyl (C=O) groups excluding carboxylic acids is 1. The van der Waals surface area contributed by atoms with Gasteiger partial charge in [-0.3, -0.25) is 4.79 Å². The molecule has 0 aromatic rings. The van der Waals surface area contributed by atoms with Crippen LogP contribution in [0.4, 0.5) is 4.39 Å². The molecule has 0 aromatic heterocycles. The number of rotatable bonds is 9. The molecule has 19 heavy (non-hydrogen) atoms. The van der Waals surface area contributed by atoms with Crippen LogP contribution in [0.15, 0.2) is 60.2 Å². The number of hydrogen-bond donors (Lipinski definition) is 1. The Kier molecular flexibility index (Phi) is 10.0. The van der Waals surface area contributed by atoms with Gasteiger partial charge in [-0.2, -0.15) is 0 Å². The highest BCUT2D eigenvalue weighted by Gasteiger charge is 1.97. The molecule has 0 unspecified atom stereocenters. The lowest BCUT2D eigenvalue weighted by molar-refractivity contribution is -0.104. The van der Waals surface area contributed by atoms with Crippen LogP contribution in [0.25, 0.3) is 0 Å². The molecule has 0 aliphatic carbocycles. The standard InChI is InChI=1S/C15H19FO3/c1-3-13(6-5-8-16)7-9-19-12-15(18)10-14(4-2)11-17/h3-6,8,10-11,18H,1,7,9,12H2,2H3/b8-5+,13-6+,14-4+,15-10+. The van der Waals surface area contributed by atoms with Crippen molar-refractivity contribution in [1.29, 1.82) is 0 Å². The third-order valence-corrected chi connectivity index (χ3v) is 2.23. The maximum absolute atomic E-state index is 11.8. The Morgan fingerprint density at radius 1 is 1.47 bits per heavy atom. The van der Waals surface area contributed by atoms with E-state index in [4.69, 9.17) is 4.74 Å². The van der Waals surface area contributed by atoms with E-state index in [2.05, 4.69) is 6.58 Å². The highest BCUT2D eigenvalue weighted by Crippen LogP contribution is 2.05. The van der Waals surface area contributed by atoms with Crippen molar-refractivity contribution in [2.75, 3.05) is 13.2 Å². The van der Waals surface area contributed by atoms with Gasteiger partial charge in [0.15, 0.2) is 0 Å². The largest absolute Gasteiger partial charge is 0.510 e. The third-order valence-electron chi connectivity index (χ3n) is 2.23. The Morgan fingerprint density at radius 3 is 2.74 bits per heavy atom. The molecular weight excluding hydrogens is 247 g/mol. The van der Waals surface area contributed by atoms with Crippen molar-refractivity contribution in [1.82, 2.24) is 0 Å². The van der Waals surface area contributed by atoms with Gasteiger partial charge in [0.25, 0.3) is 0 Å². The molecule has 0 atom stereocenters. The molecule has 0 saturated heterocycles. The minimum absolute atomic E-state index is 0.0204. The molecule has 0 spiro atoms. The van der Waals surface area contributed by atoms with Gasteiger partial charge in [0.05, 0.1) is 12.9 Å². The lowest BCUT2D eigenvalue weighted by Gasteiger charge is -2.04. The number of aliphatic hydroxyl groups excluding tert-OH is 1. The lowest BCUT2D eigenvalue weighted by Crippen LogP contribution is -2.01. The van der Waals surface area contributed by atoms with Crippen molar-refractivity contribution in [3.05, 3.63) is 60.2 Å². The zero-order valence-electron chi connectivity index (χ0n) is 11.0. The van der Waals surface area contributed by atoms with Gasteiger partial charge in [0.2, 0.25) is 0 Å². The van der Waals surface area contributed by atoms with Crippen LogP contribution in [-0.4, -0.2) is 24.6 Å². The van der Waals surface area contributed by atoms with Crippen LogP contribution in [-0.2, 0) is 9.53 Å². The topological polar surface area (TPSA) is 46.5 Å². The summed E-state index contributed by atoms with van der Waals surface area (Å²) in [4.78, 5) is 10.5. The van der Waals surface area contributed by atoms with Crippen LogP contribution in [0.3, 0.4) is 0 Å². The zero-order valence-corrected chi connectivity index (χ0v) is 11.0. The Hall–Kier alpha value is -1.94. The summed E-state index contributed by atoms with van der Waals surface area (Å²) in [7, 11) is 0. The van der Waals surface area contributed by atoms with E-state index in [1.165, 1.54) is 12.2 Å². The first-order chi connectivity index (χ1) is 9.17. The van der Waals surface area contributed by atoms with Crippen molar-refractivity contribution >= 4 is 6.29 Å². The number of ether oxygens (including phenoxy) is 1. The fourth-order valence-electron chi connectivity index (χ4n) is 1.20. The summed E-state index contributed by atoms with van der Waals surface area (Å²) in [5.41, 5.74) is 1.22. The summed E-state index contributed by atoms with van der Waals surface area (Å²) in [6, 6.07) is 0. The minimum Gasteiger partial charge on any atom is -0.510 e. The van der Waals surface area contributed by atoms with Gasteiger partial charge in [0.1, 0.15) is 18.7 Å². The van der Waals surface area contributed by atoms with E-state index in [1.807, 2.05) is 0 Å². The van der Waals surface area contributed by atoms with E-state index in [-0.39, 0.29) is 12.4 Å². The van der Waals surface area contributed by atoms with Crippen molar-refractivity contribution in [3.8, 4) is 0 Å². The van der Waals surface area contributed by atoms with Gasteiger partial charge in [-0.25, -0.2) is 4.39 Å². The fourth-order valence-corrected chi connectivity index (χ4v) is 1.20. The Bertz CT molecular complexity index is 404. The smallest absolute Gasteiger partial charge is 0.149 e. The van der Waals surface area contributed by atoms with Crippen LogP contribution in [0.5, 0.6) is 0 Å². The second-order valence-electron chi connectivity index (χ2n) is 3.61. The summed E-state index contributed by atoms with van der Waals surface area (Å²) in [6.45, 7) is 5.69. The Morgan fingerprint density at radius 2 is 2.21 bits per heavy atom. The first kappa shape index (κ1) is 17.1. The minimum atomic E-state index is -0.0204. The normalized spacial score (nSPS) is 13.9. The van der Waals surface area contributed by atoms with Gasteiger partial charge < -0.3 is 9.84 Å². The van der Waals surface area contributed by atoms with Crippen molar-refractivity contribution in [2.45, 2.75) is 13.3 Å². The van der Waals surface area contributed by atoms with E-state index >= 15 is 0 Å². The monoisotopic (exact) mass is 266 g/mol. The van der Waals surface area contributed by atoms with Crippen molar-refractivity contribution in [3.63, 3.8) is 0 Å². The average Bonchev–Trinajstić information content (AvgIpc) is 2.44. The molecule has 0 fully saturated rings. The van der Waals surface area contributed by atoms with Gasteiger partial charge >= 0.3 is 0 Å². The predicted molar refractivity (Wildman–Crippen MR) is 74.5 cm³/mol. The van der Waals surface area contributed by atoms with Gasteiger partial charge in [0, 0.05) is 5.57 Å². The van der Waals surface area contributed by atoms with E-state index in [0.29, 0.717) is 31.2 Å². The predicted octanol–water partition coefficient (Wildman–Crippen LogP) is 3.58. The molecular formula is C15H19FO3. The van der Waals surface area contributed by atoms with Crippen LogP contribution in [0, 0.1) is 0 Å². The molecule has 4 heteroatoms. The maximum atomic E-state index is 11.8. The van der Waals surface area contributed by atoms with Crippen LogP contribution >= 0.6 is 0 Å². The number of carbonyl (C=O) groups is 1. The molecule has 0 aromatic carbocycles. The molecule has 0 amide bonds. The number of aliphatic hydroxyl groups is 1. The summed E-state index contributed by atoms with van der Waals surface area (Å²) < 4.78 is 17.0. The second kappa shape index (κ2) is 11.2. The lowest BCUT2D eigenvalue weighted by atomic mass is 10.2. The zero-order chi connectivity index (χ0) is 14.5. The molecule has 0 aliphatic rings. The Balaban J connectivity index is 4.10. The second-order valence-corrected chi connectivity index (χ2v) is 3.61. The summed E-state index contributed by atoms with van der Waals surface area (Å²) >= 11 is 0. The summed E-state index contributed by atoms with van der Waals surface area (Å²) in [6.07, 6.45) is 9.07. The Labute approximate surface area is 113 Å². The van der Waals surface area contributed by atoms with Gasteiger partial charge in [-0.05, 0) is 31.1 Å². The molecule has 0 rings (SSSR count). The molecule has 104 valence electrons. The van der Waals surface area contributed by atoms with Crippen LogP contribution < -0.4 is 0 Å². The highest BCUT2D eigenvalue weighted by atomic mass is 19.1. The average molecular weight is 266 g/mol. The van der Waals surface area contributed by atoms with Gasteiger partial charge in [-0.15, -0.1) is 0 Å². The van der Waals surface area contributed by atoms with Gasteiger partial charge in [-0.1, -0.05) is 24.8 Å². The molecule has 1 N–H and O–H groups in total. The van der Waals surface area contributed by atoms with Crippen molar-refractivity contribution in [2.24, 2.45) is 0 Å². The first-order valence-corrected chi connectivity index (χ1v) is 5.85. The van der Waals surface area contributed by atoms with E-state index in [0.717, 1.165) is 5.57 Å². The SMILES string of the molecule is C=C/C(=C\C=C\F)CCOC/C(O)=C\C(C=O)=C/C. The molecule has 0 heterocycles. The third kappa shape index (κ3) is 8.74. The molecule has 0 saturated carbocycles. The van der Waals surface area contributed by atoms with Crippen LogP contribution in [0.2, 0.25) is 0 Å². The maximum Gasteiger partial charge on any atom is 0.149 e. The fraction of sp³-hybridized carbons (Fsp3) is 0.267. The van der Waals surface area contributed by atoms with Crippen molar-refractivity contribution < 1.29 is 19.0 Å². The molecule has 3 nitrogen and oxygen atoms in total. The van der Waals surface area contributed by atoms with E-state index in [9.17, 15) is 14.3 Å². The van der Waals surface area contributed by atoms with E-state index < -0.39 is 0 Å². The molecule has 0 radical (unpaired) electrons. The highest BCUT2D eigenvalue weighted by molar-refractivity contribution is 5.77.